The van der Waals surface area contributed by atoms with Crippen molar-refractivity contribution in [1.82, 2.24) is 4.57 Å². The number of oxazole rings is 1. The van der Waals surface area contributed by atoms with E-state index in [1.807, 2.05) is 30.3 Å². The second kappa shape index (κ2) is 6.56. The molecule has 2 heterocycles. The smallest absolute Gasteiger partial charge is 0.420 e. The predicted octanol–water partition coefficient (Wildman–Crippen LogP) is 4.14. The number of methoxy groups -OCH3 is 1. The number of amides is 1. The van der Waals surface area contributed by atoms with Gasteiger partial charge in [0.25, 0.3) is 0 Å². The first-order valence-corrected chi connectivity index (χ1v) is 9.01. The number of hydrogen-bond donors (Lipinski definition) is 1. The van der Waals surface area contributed by atoms with Gasteiger partial charge in [-0.3, -0.25) is 9.36 Å². The van der Waals surface area contributed by atoms with Gasteiger partial charge in [0.1, 0.15) is 23.5 Å². The Balaban J connectivity index is 1.50. The van der Waals surface area contributed by atoms with Crippen molar-refractivity contribution in [3.63, 3.8) is 0 Å². The molecule has 0 atom stereocenters. The van der Waals surface area contributed by atoms with Gasteiger partial charge in [-0.25, -0.2) is 4.79 Å². The molecule has 0 aliphatic carbocycles. The number of benzene rings is 3. The lowest BCUT2D eigenvalue weighted by Crippen LogP contribution is -2.24. The number of carbonyl (C=O) groups is 1. The van der Waals surface area contributed by atoms with E-state index in [4.69, 9.17) is 13.6 Å². The molecular weight excluding hydrogens is 372 g/mol. The quantitative estimate of drug-likeness (QED) is 0.500. The minimum Gasteiger partial charge on any atom is -0.495 e. The number of furan rings is 1. The van der Waals surface area contributed by atoms with Crippen LogP contribution in [0.25, 0.3) is 33.0 Å². The zero-order valence-corrected chi connectivity index (χ0v) is 15.5. The van der Waals surface area contributed by atoms with Crippen LogP contribution in [0, 0.1) is 0 Å². The molecule has 0 unspecified atom stereocenters. The maximum absolute atomic E-state index is 12.7. The van der Waals surface area contributed by atoms with Crippen molar-refractivity contribution in [1.29, 1.82) is 0 Å². The molecule has 7 heteroatoms. The third-order valence-corrected chi connectivity index (χ3v) is 4.85. The molecule has 5 aromatic rings. The summed E-state index contributed by atoms with van der Waals surface area (Å²) in [6.45, 7) is -0.183. The van der Waals surface area contributed by atoms with Crippen LogP contribution in [-0.4, -0.2) is 17.6 Å². The Labute approximate surface area is 164 Å². The highest BCUT2D eigenvalue weighted by atomic mass is 16.5. The summed E-state index contributed by atoms with van der Waals surface area (Å²) in [5.74, 6) is -0.463. The molecule has 0 aliphatic rings. The number of aromatic nitrogens is 1. The Morgan fingerprint density at radius 2 is 1.72 bits per heavy atom. The van der Waals surface area contributed by atoms with Gasteiger partial charge in [-0.2, -0.15) is 0 Å². The molecule has 3 aromatic carbocycles. The van der Waals surface area contributed by atoms with Gasteiger partial charge in [-0.15, -0.1) is 0 Å². The van der Waals surface area contributed by atoms with Gasteiger partial charge < -0.3 is 18.9 Å². The normalized spacial score (nSPS) is 11.3. The van der Waals surface area contributed by atoms with Crippen molar-refractivity contribution in [2.24, 2.45) is 0 Å². The number of nitrogens with zero attached hydrogens (tertiary/aromatic N) is 1. The average molecular weight is 388 g/mol. The fourth-order valence-electron chi connectivity index (χ4n) is 3.52. The molecule has 0 saturated heterocycles. The molecule has 0 bridgehead atoms. The third kappa shape index (κ3) is 2.84. The van der Waals surface area contributed by atoms with Crippen LogP contribution in [0.5, 0.6) is 5.75 Å². The number of nitrogens with one attached hydrogen (secondary N) is 1. The summed E-state index contributed by atoms with van der Waals surface area (Å²) in [6.07, 6.45) is 0. The number of fused-ring (bicyclic) bond motifs is 4. The summed E-state index contributed by atoms with van der Waals surface area (Å²) >= 11 is 0. The van der Waals surface area contributed by atoms with Crippen LogP contribution >= 0.6 is 0 Å². The molecule has 0 aliphatic heterocycles. The fraction of sp³-hybridized carbons (Fsp3) is 0.0909. The zero-order valence-electron chi connectivity index (χ0n) is 15.5. The van der Waals surface area contributed by atoms with E-state index in [0.717, 1.165) is 16.4 Å². The monoisotopic (exact) mass is 388 g/mol. The van der Waals surface area contributed by atoms with Crippen molar-refractivity contribution in [3.8, 4) is 5.75 Å². The van der Waals surface area contributed by atoms with Gasteiger partial charge in [-0.1, -0.05) is 30.3 Å². The lowest BCUT2D eigenvalue weighted by molar-refractivity contribution is -0.116. The lowest BCUT2D eigenvalue weighted by atomic mass is 10.1. The van der Waals surface area contributed by atoms with Gasteiger partial charge in [0.15, 0.2) is 5.58 Å². The SMILES string of the molecule is COc1cc2c(cc1NC(=O)Cn1c(=O)oc3ccccc31)oc1ccccc12. The van der Waals surface area contributed by atoms with Crippen molar-refractivity contribution < 1.29 is 18.4 Å². The molecule has 0 saturated carbocycles. The topological polar surface area (TPSA) is 86.6 Å². The van der Waals surface area contributed by atoms with E-state index in [1.54, 1.807) is 30.3 Å². The van der Waals surface area contributed by atoms with Crippen LogP contribution in [0.15, 0.2) is 74.3 Å². The summed E-state index contributed by atoms with van der Waals surface area (Å²) in [5, 5.41) is 4.67. The van der Waals surface area contributed by atoms with Gasteiger partial charge >= 0.3 is 5.76 Å². The van der Waals surface area contributed by atoms with Crippen molar-refractivity contribution in [2.75, 3.05) is 12.4 Å². The Hall–Kier alpha value is -4.00. The number of hydrogen-bond acceptors (Lipinski definition) is 5. The van der Waals surface area contributed by atoms with E-state index in [2.05, 4.69) is 5.32 Å². The lowest BCUT2D eigenvalue weighted by Gasteiger charge is -2.10. The van der Waals surface area contributed by atoms with Gasteiger partial charge in [-0.05, 0) is 24.3 Å². The standard InChI is InChI=1S/C22H16N2O5/c1-27-20-10-14-13-6-2-4-8-17(13)28-19(14)11-15(20)23-21(25)12-24-16-7-3-5-9-18(16)29-22(24)26/h2-11H,12H2,1H3,(H,23,25). The van der Waals surface area contributed by atoms with Gasteiger partial charge in [0, 0.05) is 16.8 Å². The molecule has 29 heavy (non-hydrogen) atoms. The number of para-hydroxylation sites is 3. The highest BCUT2D eigenvalue weighted by Gasteiger charge is 2.16. The maximum atomic E-state index is 12.7. The second-order valence-electron chi connectivity index (χ2n) is 6.62. The Morgan fingerprint density at radius 1 is 0.966 bits per heavy atom. The molecule has 5 rings (SSSR count). The molecule has 7 nitrogen and oxygen atoms in total. The minimum atomic E-state index is -0.582. The predicted molar refractivity (Wildman–Crippen MR) is 109 cm³/mol. The van der Waals surface area contributed by atoms with Crippen molar-refractivity contribution >= 4 is 44.6 Å². The molecule has 2 aromatic heterocycles. The summed E-state index contributed by atoms with van der Waals surface area (Å²) in [7, 11) is 1.53. The molecule has 144 valence electrons. The maximum Gasteiger partial charge on any atom is 0.420 e. The van der Waals surface area contributed by atoms with Crippen LogP contribution in [0.3, 0.4) is 0 Å². The Bertz CT molecular complexity index is 1440. The van der Waals surface area contributed by atoms with Crippen LogP contribution in [0.4, 0.5) is 5.69 Å². The van der Waals surface area contributed by atoms with E-state index in [0.29, 0.717) is 28.1 Å². The summed E-state index contributed by atoms with van der Waals surface area (Å²) in [6, 6.07) is 18.2. The molecule has 0 fully saturated rings. The summed E-state index contributed by atoms with van der Waals surface area (Å²) in [5.41, 5.74) is 2.85. The van der Waals surface area contributed by atoms with E-state index in [9.17, 15) is 9.59 Å². The molecule has 0 radical (unpaired) electrons. The molecular formula is C22H16N2O5. The van der Waals surface area contributed by atoms with Gasteiger partial charge in [0.05, 0.1) is 18.3 Å². The number of carbonyl (C=O) groups excluding carboxylic acids is 1. The zero-order chi connectivity index (χ0) is 20.0. The van der Waals surface area contributed by atoms with Crippen molar-refractivity contribution in [2.45, 2.75) is 6.54 Å². The molecule has 1 N–H and O–H groups in total. The van der Waals surface area contributed by atoms with E-state index in [-0.39, 0.29) is 12.5 Å². The Morgan fingerprint density at radius 3 is 2.55 bits per heavy atom. The number of ether oxygens (including phenoxy) is 1. The van der Waals surface area contributed by atoms with E-state index >= 15 is 0 Å². The fourth-order valence-corrected chi connectivity index (χ4v) is 3.52. The van der Waals surface area contributed by atoms with Crippen LogP contribution in [0.2, 0.25) is 0 Å². The number of rotatable bonds is 4. The summed E-state index contributed by atoms with van der Waals surface area (Å²) < 4.78 is 17.8. The first-order chi connectivity index (χ1) is 14.1. The van der Waals surface area contributed by atoms with Crippen molar-refractivity contribution in [3.05, 3.63) is 71.2 Å². The first-order valence-electron chi connectivity index (χ1n) is 9.01. The minimum absolute atomic E-state index is 0.183. The van der Waals surface area contributed by atoms with Gasteiger partial charge in [0.2, 0.25) is 5.91 Å². The average Bonchev–Trinajstić information content (AvgIpc) is 3.24. The van der Waals surface area contributed by atoms with E-state index in [1.165, 1.54) is 11.7 Å². The molecule has 1 amide bonds. The third-order valence-electron chi connectivity index (χ3n) is 4.85. The van der Waals surface area contributed by atoms with Crippen LogP contribution in [-0.2, 0) is 11.3 Å². The Kier molecular flexibility index (Phi) is 3.87. The van der Waals surface area contributed by atoms with E-state index < -0.39 is 5.76 Å². The second-order valence-corrected chi connectivity index (χ2v) is 6.62. The highest BCUT2D eigenvalue weighted by molar-refractivity contribution is 6.07. The van der Waals surface area contributed by atoms with Crippen LogP contribution in [0.1, 0.15) is 0 Å². The van der Waals surface area contributed by atoms with Crippen LogP contribution < -0.4 is 15.8 Å². The summed E-state index contributed by atoms with van der Waals surface area (Å²) in [4.78, 5) is 24.8. The highest BCUT2D eigenvalue weighted by Crippen LogP contribution is 2.36. The molecule has 0 spiro atoms. The largest absolute Gasteiger partial charge is 0.495 e. The first kappa shape index (κ1) is 17.1. The number of anilines is 1.